The van der Waals surface area contributed by atoms with Crippen molar-refractivity contribution in [3.63, 3.8) is 0 Å². The first-order valence-electron chi connectivity index (χ1n) is 9.49. The van der Waals surface area contributed by atoms with Gasteiger partial charge in [0.25, 0.3) is 0 Å². The minimum Gasteiger partial charge on any atom is -0.497 e. The lowest BCUT2D eigenvalue weighted by molar-refractivity contribution is -0.119. The Hall–Kier alpha value is -3.00. The maximum atomic E-state index is 12.4. The van der Waals surface area contributed by atoms with E-state index in [0.29, 0.717) is 18.2 Å². The molecule has 1 amide bonds. The summed E-state index contributed by atoms with van der Waals surface area (Å²) in [6, 6.07) is 13.7. The van der Waals surface area contributed by atoms with Gasteiger partial charge in [-0.1, -0.05) is 6.07 Å². The molecule has 1 fully saturated rings. The first-order valence-corrected chi connectivity index (χ1v) is 10.5. The topological polar surface area (TPSA) is 83.1 Å². The van der Waals surface area contributed by atoms with Gasteiger partial charge in [-0.2, -0.15) is 0 Å². The molecule has 2 aromatic heterocycles. The highest BCUT2D eigenvalue weighted by atomic mass is 32.2. The standard InChI is InChI=1S/C21H23N5O2S/c1-28-16-4-2-5-17(12-16)29-14-20(27)24-15-8-11-26(13-15)21-23-10-7-19(25-21)18-6-3-9-22-18/h2-7,9-10,12,15,22H,8,11,13-14H2,1H3,(H,24,27). The third-order valence-corrected chi connectivity index (χ3v) is 5.76. The van der Waals surface area contributed by atoms with Gasteiger partial charge in [0.2, 0.25) is 11.9 Å². The number of rotatable bonds is 7. The normalized spacial score (nSPS) is 16.0. The van der Waals surface area contributed by atoms with Gasteiger partial charge in [-0.3, -0.25) is 4.79 Å². The van der Waals surface area contributed by atoms with Crippen molar-refractivity contribution in [3.05, 3.63) is 54.9 Å². The molecule has 0 radical (unpaired) electrons. The molecule has 1 saturated heterocycles. The molecule has 2 N–H and O–H groups in total. The Morgan fingerprint density at radius 1 is 1.34 bits per heavy atom. The molecule has 1 unspecified atom stereocenters. The summed E-state index contributed by atoms with van der Waals surface area (Å²) in [5.74, 6) is 1.90. The number of hydrogen-bond acceptors (Lipinski definition) is 6. The quantitative estimate of drug-likeness (QED) is 0.584. The molecular formula is C21H23N5O2S. The summed E-state index contributed by atoms with van der Waals surface area (Å²) in [6.45, 7) is 1.53. The molecule has 0 spiro atoms. The summed E-state index contributed by atoms with van der Waals surface area (Å²) in [5, 5.41) is 3.13. The summed E-state index contributed by atoms with van der Waals surface area (Å²) >= 11 is 1.51. The maximum absolute atomic E-state index is 12.4. The van der Waals surface area contributed by atoms with E-state index in [4.69, 9.17) is 4.74 Å². The predicted octanol–water partition coefficient (Wildman–Crippen LogP) is 2.97. The van der Waals surface area contributed by atoms with Crippen LogP contribution in [0.2, 0.25) is 0 Å². The number of thioether (sulfide) groups is 1. The molecule has 3 heterocycles. The van der Waals surface area contributed by atoms with Crippen LogP contribution in [0.5, 0.6) is 5.75 Å². The molecule has 1 atom stereocenters. The highest BCUT2D eigenvalue weighted by Crippen LogP contribution is 2.23. The van der Waals surface area contributed by atoms with E-state index in [-0.39, 0.29) is 11.9 Å². The number of nitrogens with one attached hydrogen (secondary N) is 2. The van der Waals surface area contributed by atoms with E-state index < -0.39 is 0 Å². The number of carbonyl (C=O) groups excluding carboxylic acids is 1. The Labute approximate surface area is 173 Å². The summed E-state index contributed by atoms with van der Waals surface area (Å²) in [6.07, 6.45) is 4.53. The fourth-order valence-electron chi connectivity index (χ4n) is 3.31. The number of aromatic nitrogens is 3. The second-order valence-corrected chi connectivity index (χ2v) is 7.84. The van der Waals surface area contributed by atoms with E-state index in [1.165, 1.54) is 11.8 Å². The van der Waals surface area contributed by atoms with Crippen molar-refractivity contribution in [3.8, 4) is 17.1 Å². The lowest BCUT2D eigenvalue weighted by Gasteiger charge is -2.17. The Bertz CT molecular complexity index is 963. The SMILES string of the molecule is COc1cccc(SCC(=O)NC2CCN(c3nccc(-c4ccc[nH]4)n3)C2)c1. The van der Waals surface area contributed by atoms with Crippen molar-refractivity contribution in [2.75, 3.05) is 30.9 Å². The fraction of sp³-hybridized carbons (Fsp3) is 0.286. The van der Waals surface area contributed by atoms with Gasteiger partial charge in [-0.15, -0.1) is 11.8 Å². The fourth-order valence-corrected chi connectivity index (χ4v) is 4.06. The van der Waals surface area contributed by atoms with Crippen LogP contribution in [0.3, 0.4) is 0 Å². The maximum Gasteiger partial charge on any atom is 0.230 e. The molecule has 0 saturated carbocycles. The van der Waals surface area contributed by atoms with E-state index >= 15 is 0 Å². The number of H-pyrrole nitrogens is 1. The smallest absolute Gasteiger partial charge is 0.230 e. The molecule has 4 rings (SSSR count). The van der Waals surface area contributed by atoms with Gasteiger partial charge in [0.15, 0.2) is 0 Å². The van der Waals surface area contributed by atoms with Crippen molar-refractivity contribution in [2.24, 2.45) is 0 Å². The van der Waals surface area contributed by atoms with Crippen LogP contribution < -0.4 is 15.0 Å². The first kappa shape index (κ1) is 19.3. The summed E-state index contributed by atoms with van der Waals surface area (Å²) < 4.78 is 5.22. The minimum atomic E-state index is 0.0331. The van der Waals surface area contributed by atoms with E-state index in [1.54, 1.807) is 13.3 Å². The lowest BCUT2D eigenvalue weighted by Crippen LogP contribution is -2.38. The van der Waals surface area contributed by atoms with Crippen LogP contribution in [0, 0.1) is 0 Å². The average Bonchev–Trinajstić information content (AvgIpc) is 3.45. The summed E-state index contributed by atoms with van der Waals surface area (Å²) in [7, 11) is 1.64. The van der Waals surface area contributed by atoms with Gasteiger partial charge < -0.3 is 19.9 Å². The summed E-state index contributed by atoms with van der Waals surface area (Å²) in [5.41, 5.74) is 1.83. The Balaban J connectivity index is 1.29. The Kier molecular flexibility index (Phi) is 6.00. The highest BCUT2D eigenvalue weighted by Gasteiger charge is 2.25. The van der Waals surface area contributed by atoms with Gasteiger partial charge in [0.1, 0.15) is 5.75 Å². The van der Waals surface area contributed by atoms with Gasteiger partial charge in [-0.05, 0) is 42.8 Å². The largest absolute Gasteiger partial charge is 0.497 e. The van der Waals surface area contributed by atoms with E-state index in [0.717, 1.165) is 35.0 Å². The summed E-state index contributed by atoms with van der Waals surface area (Å²) in [4.78, 5) is 27.7. The number of ether oxygens (including phenoxy) is 1. The van der Waals surface area contributed by atoms with Crippen molar-refractivity contribution >= 4 is 23.6 Å². The van der Waals surface area contributed by atoms with Crippen molar-refractivity contribution in [2.45, 2.75) is 17.4 Å². The second kappa shape index (κ2) is 9.00. The van der Waals surface area contributed by atoms with Crippen LogP contribution in [-0.2, 0) is 4.79 Å². The second-order valence-electron chi connectivity index (χ2n) is 6.79. The first-order chi connectivity index (χ1) is 14.2. The number of amides is 1. The number of carbonyl (C=O) groups is 1. The van der Waals surface area contributed by atoms with E-state index in [1.807, 2.05) is 48.7 Å². The average molecular weight is 410 g/mol. The number of benzene rings is 1. The van der Waals surface area contributed by atoms with Crippen LogP contribution in [-0.4, -0.2) is 52.9 Å². The zero-order chi connectivity index (χ0) is 20.1. The molecule has 29 heavy (non-hydrogen) atoms. The lowest BCUT2D eigenvalue weighted by atomic mass is 10.2. The molecule has 0 aliphatic carbocycles. The number of aromatic amines is 1. The molecule has 150 valence electrons. The molecular weight excluding hydrogens is 386 g/mol. The highest BCUT2D eigenvalue weighted by molar-refractivity contribution is 8.00. The van der Waals surface area contributed by atoms with Crippen molar-refractivity contribution in [1.82, 2.24) is 20.3 Å². The Morgan fingerprint density at radius 2 is 2.28 bits per heavy atom. The number of nitrogens with zero attached hydrogens (tertiary/aromatic N) is 3. The molecule has 1 aliphatic rings. The molecule has 3 aromatic rings. The van der Waals surface area contributed by atoms with E-state index in [9.17, 15) is 4.79 Å². The van der Waals surface area contributed by atoms with Crippen molar-refractivity contribution < 1.29 is 9.53 Å². The minimum absolute atomic E-state index is 0.0331. The van der Waals surface area contributed by atoms with Gasteiger partial charge >= 0.3 is 0 Å². The van der Waals surface area contributed by atoms with Crippen LogP contribution in [0.15, 0.2) is 59.8 Å². The zero-order valence-electron chi connectivity index (χ0n) is 16.2. The molecule has 1 aliphatic heterocycles. The van der Waals surface area contributed by atoms with E-state index in [2.05, 4.69) is 25.2 Å². The third kappa shape index (κ3) is 4.89. The number of methoxy groups -OCH3 is 1. The van der Waals surface area contributed by atoms with Crippen LogP contribution >= 0.6 is 11.8 Å². The third-order valence-electron chi connectivity index (χ3n) is 4.76. The molecule has 8 heteroatoms. The van der Waals surface area contributed by atoms with Crippen LogP contribution in [0.25, 0.3) is 11.4 Å². The molecule has 0 bridgehead atoms. The van der Waals surface area contributed by atoms with Gasteiger partial charge in [-0.25, -0.2) is 9.97 Å². The van der Waals surface area contributed by atoms with Gasteiger partial charge in [0.05, 0.1) is 24.3 Å². The number of anilines is 1. The monoisotopic (exact) mass is 409 g/mol. The number of hydrogen-bond donors (Lipinski definition) is 2. The predicted molar refractivity (Wildman–Crippen MR) is 114 cm³/mol. The van der Waals surface area contributed by atoms with Gasteiger partial charge in [0, 0.05) is 36.4 Å². The Morgan fingerprint density at radius 3 is 3.10 bits per heavy atom. The zero-order valence-corrected chi connectivity index (χ0v) is 17.0. The molecule has 1 aromatic carbocycles. The van der Waals surface area contributed by atoms with Crippen molar-refractivity contribution in [1.29, 1.82) is 0 Å². The van der Waals surface area contributed by atoms with Crippen LogP contribution in [0.1, 0.15) is 6.42 Å². The van der Waals surface area contributed by atoms with Crippen LogP contribution in [0.4, 0.5) is 5.95 Å². The molecule has 7 nitrogen and oxygen atoms in total.